The molecule has 1 amide bonds. The topological polar surface area (TPSA) is 65.8 Å². The van der Waals surface area contributed by atoms with Crippen molar-refractivity contribution < 1.29 is 4.79 Å². The number of amides is 1. The first kappa shape index (κ1) is 18.1. The standard InChI is InChI=1S/C22H26N6O/c1-26-14-17(15-26)23-22(29)19-12-20-24-18(16-8-4-2-5-9-16)13-21(28(20)25-19)27-10-6-3-7-11-27/h2,4-5,8-9,12-13,17H,3,6-7,10-11,14-15H2,1H3,(H,23,29). The minimum absolute atomic E-state index is 0.126. The fourth-order valence-electron chi connectivity index (χ4n) is 4.22. The number of fused-ring (bicyclic) bond motifs is 1. The predicted molar refractivity (Wildman–Crippen MR) is 113 cm³/mol. The second-order valence-corrected chi connectivity index (χ2v) is 8.10. The van der Waals surface area contributed by atoms with Crippen LogP contribution in [0.3, 0.4) is 0 Å². The molecule has 2 aliphatic heterocycles. The zero-order valence-electron chi connectivity index (χ0n) is 16.7. The number of anilines is 1. The van der Waals surface area contributed by atoms with Gasteiger partial charge in [-0.25, -0.2) is 4.98 Å². The summed E-state index contributed by atoms with van der Waals surface area (Å²) in [6.45, 7) is 3.77. The molecule has 2 fully saturated rings. The summed E-state index contributed by atoms with van der Waals surface area (Å²) in [5, 5.41) is 7.71. The van der Waals surface area contributed by atoms with Gasteiger partial charge in [0.25, 0.3) is 5.91 Å². The predicted octanol–water partition coefficient (Wildman–Crippen LogP) is 2.43. The van der Waals surface area contributed by atoms with Crippen LogP contribution in [-0.4, -0.2) is 64.7 Å². The molecule has 1 N–H and O–H groups in total. The number of piperidine rings is 1. The summed E-state index contributed by atoms with van der Waals surface area (Å²) >= 11 is 0. The summed E-state index contributed by atoms with van der Waals surface area (Å²) in [6.07, 6.45) is 3.61. The number of rotatable bonds is 4. The normalized spacial score (nSPS) is 18.0. The highest BCUT2D eigenvalue weighted by molar-refractivity contribution is 5.93. The molecular formula is C22H26N6O. The second kappa shape index (κ2) is 7.48. The lowest BCUT2D eigenvalue weighted by atomic mass is 10.1. The van der Waals surface area contributed by atoms with Crippen LogP contribution >= 0.6 is 0 Å². The number of nitrogens with zero attached hydrogens (tertiary/aromatic N) is 5. The quantitative estimate of drug-likeness (QED) is 0.741. The molecule has 0 atom stereocenters. The van der Waals surface area contributed by atoms with Gasteiger partial charge in [-0.2, -0.15) is 9.61 Å². The van der Waals surface area contributed by atoms with Gasteiger partial charge in [0.05, 0.1) is 11.7 Å². The molecule has 7 nitrogen and oxygen atoms in total. The largest absolute Gasteiger partial charge is 0.356 e. The van der Waals surface area contributed by atoms with Crippen molar-refractivity contribution in [3.8, 4) is 11.3 Å². The molecule has 0 unspecified atom stereocenters. The molecule has 0 bridgehead atoms. The molecular weight excluding hydrogens is 364 g/mol. The maximum absolute atomic E-state index is 12.7. The van der Waals surface area contributed by atoms with E-state index in [0.717, 1.165) is 43.3 Å². The Kier molecular flexibility index (Phi) is 4.67. The summed E-state index contributed by atoms with van der Waals surface area (Å²) in [5.41, 5.74) is 3.11. The third kappa shape index (κ3) is 3.58. The van der Waals surface area contributed by atoms with Gasteiger partial charge in [0.1, 0.15) is 5.82 Å². The molecule has 2 saturated heterocycles. The monoisotopic (exact) mass is 390 g/mol. The zero-order valence-corrected chi connectivity index (χ0v) is 16.7. The zero-order chi connectivity index (χ0) is 19.8. The summed E-state index contributed by atoms with van der Waals surface area (Å²) in [5.74, 6) is 0.885. The molecule has 4 heterocycles. The molecule has 29 heavy (non-hydrogen) atoms. The number of likely N-dealkylation sites (N-methyl/N-ethyl adjacent to an activating group) is 1. The molecule has 0 spiro atoms. The van der Waals surface area contributed by atoms with E-state index in [1.54, 1.807) is 6.07 Å². The maximum Gasteiger partial charge on any atom is 0.272 e. The Morgan fingerprint density at radius 2 is 1.83 bits per heavy atom. The SMILES string of the molecule is CN1CC(NC(=O)c2cc3nc(-c4ccccc4)cc(N4CCCCC4)n3n2)C1. The van der Waals surface area contributed by atoms with Crippen molar-refractivity contribution in [1.29, 1.82) is 0 Å². The molecule has 150 valence electrons. The fourth-order valence-corrected chi connectivity index (χ4v) is 4.22. The van der Waals surface area contributed by atoms with Crippen LogP contribution in [0.5, 0.6) is 0 Å². The first-order chi connectivity index (χ1) is 14.2. The van der Waals surface area contributed by atoms with Crippen molar-refractivity contribution in [3.05, 3.63) is 48.2 Å². The van der Waals surface area contributed by atoms with E-state index in [0.29, 0.717) is 11.3 Å². The minimum Gasteiger partial charge on any atom is -0.356 e. The van der Waals surface area contributed by atoms with Crippen molar-refractivity contribution in [2.24, 2.45) is 0 Å². The van der Waals surface area contributed by atoms with Crippen LogP contribution in [0.2, 0.25) is 0 Å². The molecule has 3 aromatic rings. The van der Waals surface area contributed by atoms with E-state index in [-0.39, 0.29) is 11.9 Å². The van der Waals surface area contributed by atoms with E-state index < -0.39 is 0 Å². The minimum atomic E-state index is -0.126. The summed E-state index contributed by atoms with van der Waals surface area (Å²) < 4.78 is 1.83. The Bertz CT molecular complexity index is 1020. The summed E-state index contributed by atoms with van der Waals surface area (Å²) in [4.78, 5) is 22.1. The third-order valence-corrected chi connectivity index (χ3v) is 5.79. The van der Waals surface area contributed by atoms with Gasteiger partial charge in [0.15, 0.2) is 11.3 Å². The summed E-state index contributed by atoms with van der Waals surface area (Å²) in [7, 11) is 2.05. The van der Waals surface area contributed by atoms with E-state index >= 15 is 0 Å². The van der Waals surface area contributed by atoms with Gasteiger partial charge in [-0.15, -0.1) is 0 Å². The molecule has 2 aliphatic rings. The van der Waals surface area contributed by atoms with Gasteiger partial charge in [-0.05, 0) is 26.3 Å². The van der Waals surface area contributed by atoms with Gasteiger partial charge < -0.3 is 15.1 Å². The van der Waals surface area contributed by atoms with Gasteiger partial charge in [0, 0.05) is 43.9 Å². The first-order valence-electron chi connectivity index (χ1n) is 10.4. The molecule has 1 aromatic carbocycles. The fraction of sp³-hybridized carbons (Fsp3) is 0.409. The average Bonchev–Trinajstić information content (AvgIpc) is 3.17. The number of aromatic nitrogens is 3. The van der Waals surface area contributed by atoms with Crippen molar-refractivity contribution >= 4 is 17.4 Å². The summed E-state index contributed by atoms with van der Waals surface area (Å²) in [6, 6.07) is 14.3. The second-order valence-electron chi connectivity index (χ2n) is 8.10. The molecule has 0 radical (unpaired) electrons. The Hall–Kier alpha value is -2.93. The number of likely N-dealkylation sites (tertiary alicyclic amines) is 1. The van der Waals surface area contributed by atoms with Crippen LogP contribution in [-0.2, 0) is 0 Å². The van der Waals surface area contributed by atoms with Crippen LogP contribution in [0.15, 0.2) is 42.5 Å². The van der Waals surface area contributed by atoms with Crippen LogP contribution in [0, 0.1) is 0 Å². The average molecular weight is 390 g/mol. The van der Waals surface area contributed by atoms with E-state index in [9.17, 15) is 4.79 Å². The highest BCUT2D eigenvalue weighted by atomic mass is 16.2. The van der Waals surface area contributed by atoms with E-state index in [1.807, 2.05) is 29.8 Å². The van der Waals surface area contributed by atoms with E-state index in [2.05, 4.69) is 38.4 Å². The highest BCUT2D eigenvalue weighted by Crippen LogP contribution is 2.27. The van der Waals surface area contributed by atoms with Crippen molar-refractivity contribution in [2.45, 2.75) is 25.3 Å². The molecule has 2 aromatic heterocycles. The van der Waals surface area contributed by atoms with Gasteiger partial charge in [-0.3, -0.25) is 4.79 Å². The van der Waals surface area contributed by atoms with Crippen LogP contribution < -0.4 is 10.2 Å². The van der Waals surface area contributed by atoms with Crippen molar-refractivity contribution in [2.75, 3.05) is 38.1 Å². The van der Waals surface area contributed by atoms with Gasteiger partial charge >= 0.3 is 0 Å². The Morgan fingerprint density at radius 3 is 2.55 bits per heavy atom. The number of carbonyl (C=O) groups excluding carboxylic acids is 1. The lowest BCUT2D eigenvalue weighted by Crippen LogP contribution is -2.57. The van der Waals surface area contributed by atoms with E-state index in [1.165, 1.54) is 19.3 Å². The molecule has 0 saturated carbocycles. The Morgan fingerprint density at radius 1 is 1.07 bits per heavy atom. The number of hydrogen-bond acceptors (Lipinski definition) is 5. The lowest BCUT2D eigenvalue weighted by Gasteiger charge is -2.36. The Labute approximate surface area is 170 Å². The van der Waals surface area contributed by atoms with Crippen molar-refractivity contribution in [3.63, 3.8) is 0 Å². The number of nitrogens with one attached hydrogen (secondary N) is 1. The van der Waals surface area contributed by atoms with Gasteiger partial charge in [-0.1, -0.05) is 30.3 Å². The molecule has 0 aliphatic carbocycles. The van der Waals surface area contributed by atoms with Crippen LogP contribution in [0.4, 0.5) is 5.82 Å². The van der Waals surface area contributed by atoms with E-state index in [4.69, 9.17) is 4.98 Å². The van der Waals surface area contributed by atoms with Crippen LogP contribution in [0.1, 0.15) is 29.8 Å². The highest BCUT2D eigenvalue weighted by Gasteiger charge is 2.26. The number of benzene rings is 1. The number of carbonyl (C=O) groups is 1. The Balaban J connectivity index is 1.54. The smallest absolute Gasteiger partial charge is 0.272 e. The molecule has 7 heteroatoms. The van der Waals surface area contributed by atoms with Crippen molar-refractivity contribution in [1.82, 2.24) is 24.8 Å². The molecule has 5 rings (SSSR count). The van der Waals surface area contributed by atoms with Crippen LogP contribution in [0.25, 0.3) is 16.9 Å². The number of hydrogen-bond donors (Lipinski definition) is 1. The first-order valence-corrected chi connectivity index (χ1v) is 10.4. The van der Waals surface area contributed by atoms with Gasteiger partial charge in [0.2, 0.25) is 0 Å². The lowest BCUT2D eigenvalue weighted by molar-refractivity contribution is 0.0852. The third-order valence-electron chi connectivity index (χ3n) is 5.79. The maximum atomic E-state index is 12.7.